The van der Waals surface area contributed by atoms with Gasteiger partial charge in [0, 0.05) is 36.5 Å². The Morgan fingerprint density at radius 2 is 1.43 bits per heavy atom. The second-order valence-electron chi connectivity index (χ2n) is 5.05. The Kier molecular flexibility index (Phi) is 8.86. The monoisotopic (exact) mass is 410 g/mol. The standard InChI is InChI=1S/C9H10N2O2.C8H8N2O2.CH4O.ClH/c1-12-7-5-11-9(13-2)8-6(7)3-4-10-8;1-12-6-4-10-8(11)7-5(6)2-3-9-7;1-2;/h3-5,10H,1-2H3;2-4,9H,1H3,(H,10,11);2H,1H3;1H. The molecule has 4 N–H and O–H groups in total. The maximum Gasteiger partial charge on any atom is 0.272 e. The maximum absolute atomic E-state index is 11.2. The number of H-pyrrole nitrogens is 3. The van der Waals surface area contributed by atoms with Crippen LogP contribution in [0.5, 0.6) is 17.4 Å². The highest BCUT2D eigenvalue weighted by Gasteiger charge is 2.08. The molecule has 0 saturated carbocycles. The van der Waals surface area contributed by atoms with Gasteiger partial charge in [-0.2, -0.15) is 0 Å². The molecule has 0 aliphatic heterocycles. The number of aliphatic hydroxyl groups excluding tert-OH is 1. The molecule has 0 fully saturated rings. The molecular formula is C18H23ClN4O5. The highest BCUT2D eigenvalue weighted by Crippen LogP contribution is 2.29. The van der Waals surface area contributed by atoms with Gasteiger partial charge >= 0.3 is 0 Å². The minimum atomic E-state index is -0.129. The van der Waals surface area contributed by atoms with Gasteiger partial charge in [0.2, 0.25) is 5.88 Å². The van der Waals surface area contributed by atoms with E-state index in [-0.39, 0.29) is 18.0 Å². The van der Waals surface area contributed by atoms with E-state index in [9.17, 15) is 4.79 Å². The van der Waals surface area contributed by atoms with Crippen LogP contribution in [0.4, 0.5) is 0 Å². The molecule has 0 radical (unpaired) electrons. The first-order chi connectivity index (χ1) is 13.2. The van der Waals surface area contributed by atoms with Crippen molar-refractivity contribution < 1.29 is 19.3 Å². The summed E-state index contributed by atoms with van der Waals surface area (Å²) in [6, 6.07) is 3.74. The first-order valence-corrected chi connectivity index (χ1v) is 7.91. The van der Waals surface area contributed by atoms with Crippen LogP contribution in [0.15, 0.2) is 41.7 Å². The molecule has 4 heterocycles. The van der Waals surface area contributed by atoms with Gasteiger partial charge in [0.05, 0.1) is 27.5 Å². The van der Waals surface area contributed by atoms with Crippen LogP contribution < -0.4 is 19.8 Å². The summed E-state index contributed by atoms with van der Waals surface area (Å²) in [5.41, 5.74) is 1.28. The summed E-state index contributed by atoms with van der Waals surface area (Å²) in [5.74, 6) is 2.00. The number of halogens is 1. The van der Waals surface area contributed by atoms with E-state index in [0.29, 0.717) is 17.1 Å². The quantitative estimate of drug-likeness (QED) is 0.411. The molecule has 4 aromatic heterocycles. The molecule has 4 rings (SSSR count). The molecule has 0 aliphatic rings. The SMILES string of the molecule is CO.COc1c[nH]c(=O)c2[nH]ccc12.COc1cnc(OC)c2[nH]ccc12.Cl. The van der Waals surface area contributed by atoms with Crippen LogP contribution >= 0.6 is 12.4 Å². The van der Waals surface area contributed by atoms with Gasteiger partial charge in [-0.3, -0.25) is 4.79 Å². The summed E-state index contributed by atoms with van der Waals surface area (Å²) in [7, 11) is 5.78. The predicted octanol–water partition coefficient (Wildman–Crippen LogP) is 2.48. The third kappa shape index (κ3) is 4.56. The average Bonchev–Trinajstić information content (AvgIpc) is 3.40. The third-order valence-electron chi connectivity index (χ3n) is 3.73. The number of ether oxygens (including phenoxy) is 3. The van der Waals surface area contributed by atoms with Gasteiger partial charge in [0.1, 0.15) is 22.5 Å². The van der Waals surface area contributed by atoms with Crippen LogP contribution in [0.1, 0.15) is 0 Å². The number of nitrogens with one attached hydrogen (secondary N) is 3. The van der Waals surface area contributed by atoms with Crippen LogP contribution in [-0.2, 0) is 0 Å². The zero-order chi connectivity index (χ0) is 19.8. The topological polar surface area (TPSA) is 125 Å². The molecule has 0 saturated heterocycles. The highest BCUT2D eigenvalue weighted by atomic mass is 35.5. The zero-order valence-corrected chi connectivity index (χ0v) is 16.7. The lowest BCUT2D eigenvalue weighted by atomic mass is 10.3. The Labute approximate surface area is 167 Å². The van der Waals surface area contributed by atoms with Crippen LogP contribution in [0, 0.1) is 0 Å². The number of aromatic amines is 3. The molecule has 0 bridgehead atoms. The van der Waals surface area contributed by atoms with Crippen molar-refractivity contribution in [2.24, 2.45) is 0 Å². The molecule has 9 nitrogen and oxygen atoms in total. The molecule has 10 heteroatoms. The van der Waals surface area contributed by atoms with E-state index in [0.717, 1.165) is 29.1 Å². The average molecular weight is 411 g/mol. The Morgan fingerprint density at radius 1 is 0.857 bits per heavy atom. The molecule has 0 amide bonds. The van der Waals surface area contributed by atoms with E-state index in [1.165, 1.54) is 0 Å². The summed E-state index contributed by atoms with van der Waals surface area (Å²) in [5, 5.41) is 8.79. The van der Waals surface area contributed by atoms with Gasteiger partial charge < -0.3 is 34.3 Å². The first-order valence-electron chi connectivity index (χ1n) is 7.91. The van der Waals surface area contributed by atoms with Crippen LogP contribution in [-0.4, -0.2) is 53.5 Å². The number of hydrogen-bond donors (Lipinski definition) is 4. The fourth-order valence-electron chi connectivity index (χ4n) is 2.53. The summed E-state index contributed by atoms with van der Waals surface area (Å²) in [6.45, 7) is 0. The first kappa shape index (κ1) is 22.9. The van der Waals surface area contributed by atoms with Crippen molar-refractivity contribution in [2.75, 3.05) is 28.4 Å². The number of nitrogens with zero attached hydrogens (tertiary/aromatic N) is 1. The van der Waals surface area contributed by atoms with Crippen molar-refractivity contribution in [1.29, 1.82) is 0 Å². The smallest absolute Gasteiger partial charge is 0.272 e. The van der Waals surface area contributed by atoms with E-state index < -0.39 is 0 Å². The van der Waals surface area contributed by atoms with Gasteiger partial charge in [-0.05, 0) is 12.1 Å². The van der Waals surface area contributed by atoms with Gasteiger partial charge in [0.25, 0.3) is 5.56 Å². The van der Waals surface area contributed by atoms with Gasteiger partial charge in [-0.15, -0.1) is 12.4 Å². The second kappa shape index (κ2) is 10.9. The molecule has 28 heavy (non-hydrogen) atoms. The number of methoxy groups -OCH3 is 3. The van der Waals surface area contributed by atoms with E-state index in [1.54, 1.807) is 39.9 Å². The van der Waals surface area contributed by atoms with Gasteiger partial charge in [0.15, 0.2) is 0 Å². The van der Waals surface area contributed by atoms with Crippen molar-refractivity contribution in [1.82, 2.24) is 19.9 Å². The van der Waals surface area contributed by atoms with Crippen molar-refractivity contribution >= 4 is 34.2 Å². The second-order valence-corrected chi connectivity index (χ2v) is 5.05. The largest absolute Gasteiger partial charge is 0.495 e. The minimum Gasteiger partial charge on any atom is -0.495 e. The Bertz CT molecular complexity index is 1020. The fourth-order valence-corrected chi connectivity index (χ4v) is 2.53. The zero-order valence-electron chi connectivity index (χ0n) is 15.9. The lowest BCUT2D eigenvalue weighted by Gasteiger charge is -2.03. The number of rotatable bonds is 3. The summed E-state index contributed by atoms with van der Waals surface area (Å²) >= 11 is 0. The minimum absolute atomic E-state index is 0. The Balaban J connectivity index is 0.000000250. The van der Waals surface area contributed by atoms with E-state index >= 15 is 0 Å². The van der Waals surface area contributed by atoms with Gasteiger partial charge in [-0.25, -0.2) is 4.98 Å². The number of aliphatic hydroxyl groups is 1. The van der Waals surface area contributed by atoms with Crippen molar-refractivity contribution in [3.05, 3.63) is 47.3 Å². The normalized spacial score (nSPS) is 9.46. The number of aromatic nitrogens is 4. The molecule has 0 aliphatic carbocycles. The number of fused-ring (bicyclic) bond motifs is 2. The van der Waals surface area contributed by atoms with Gasteiger partial charge in [-0.1, -0.05) is 0 Å². The molecule has 0 spiro atoms. The fraction of sp³-hybridized carbons (Fsp3) is 0.222. The summed E-state index contributed by atoms with van der Waals surface area (Å²) < 4.78 is 15.3. The van der Waals surface area contributed by atoms with E-state index in [4.69, 9.17) is 19.3 Å². The predicted molar refractivity (Wildman–Crippen MR) is 110 cm³/mol. The number of pyridine rings is 2. The van der Waals surface area contributed by atoms with Crippen molar-refractivity contribution in [2.45, 2.75) is 0 Å². The Hall–Kier alpha value is -3.17. The molecule has 4 aromatic rings. The van der Waals surface area contributed by atoms with Crippen molar-refractivity contribution in [3.63, 3.8) is 0 Å². The lowest BCUT2D eigenvalue weighted by molar-refractivity contribution is 0.394. The summed E-state index contributed by atoms with van der Waals surface area (Å²) in [4.78, 5) is 23.7. The molecule has 0 atom stereocenters. The summed E-state index contributed by atoms with van der Waals surface area (Å²) in [6.07, 6.45) is 6.74. The number of hydrogen-bond acceptors (Lipinski definition) is 6. The molecular weight excluding hydrogens is 388 g/mol. The highest BCUT2D eigenvalue weighted by molar-refractivity contribution is 5.89. The molecule has 152 valence electrons. The van der Waals surface area contributed by atoms with Crippen molar-refractivity contribution in [3.8, 4) is 17.4 Å². The Morgan fingerprint density at radius 3 is 2.00 bits per heavy atom. The molecule has 0 unspecified atom stereocenters. The van der Waals surface area contributed by atoms with Crippen LogP contribution in [0.3, 0.4) is 0 Å². The van der Waals surface area contributed by atoms with E-state index in [1.807, 2.05) is 18.3 Å². The molecule has 0 aromatic carbocycles. The third-order valence-corrected chi connectivity index (χ3v) is 3.73. The van der Waals surface area contributed by atoms with Crippen LogP contribution in [0.25, 0.3) is 21.8 Å². The van der Waals surface area contributed by atoms with E-state index in [2.05, 4.69) is 19.9 Å². The van der Waals surface area contributed by atoms with Crippen LogP contribution in [0.2, 0.25) is 0 Å². The lowest BCUT2D eigenvalue weighted by Crippen LogP contribution is -2.05. The maximum atomic E-state index is 11.2.